The first kappa shape index (κ1) is 7.39. The molecule has 0 heterocycles. The summed E-state index contributed by atoms with van der Waals surface area (Å²) in [6.45, 7) is 1.61. The first-order valence-corrected chi connectivity index (χ1v) is 2.32. The fraction of sp³-hybridized carbons (Fsp3) is 0.750. The summed E-state index contributed by atoms with van der Waals surface area (Å²) in [5, 5.41) is 8.07. The zero-order valence-corrected chi connectivity index (χ0v) is 4.68. The van der Waals surface area contributed by atoms with Crippen LogP contribution in [-0.2, 0) is 9.63 Å². The van der Waals surface area contributed by atoms with Gasteiger partial charge in [-0.05, 0) is 6.92 Å². The summed E-state index contributed by atoms with van der Waals surface area (Å²) < 4.78 is 0. The molecule has 0 aromatic carbocycles. The number of hydrogen-bond acceptors (Lipinski definition) is 3. The van der Waals surface area contributed by atoms with Gasteiger partial charge in [0, 0.05) is 0 Å². The molecule has 0 fully saturated rings. The quantitative estimate of drug-likeness (QED) is 0.471. The van der Waals surface area contributed by atoms with Crippen LogP contribution in [-0.4, -0.2) is 24.2 Å². The van der Waals surface area contributed by atoms with Crippen molar-refractivity contribution in [3.05, 3.63) is 0 Å². The highest BCUT2D eigenvalue weighted by Gasteiger charge is 1.92. The third-order valence-corrected chi connectivity index (χ3v) is 0.474. The minimum Gasteiger partial charge on any atom is -0.386 e. The minimum absolute atomic E-state index is 0.408. The minimum atomic E-state index is -0.528. The van der Waals surface area contributed by atoms with E-state index in [0.29, 0.717) is 6.61 Å². The number of hydroxylamine groups is 1. The highest BCUT2D eigenvalue weighted by Crippen LogP contribution is 1.64. The lowest BCUT2D eigenvalue weighted by atomic mass is 10.7. The average Bonchev–Trinajstić information content (AvgIpc) is 1.83. The molecule has 0 saturated heterocycles. The lowest BCUT2D eigenvalue weighted by Gasteiger charge is -1.97. The molecule has 2 N–H and O–H groups in total. The molecular formula is C4H9NO3. The summed E-state index contributed by atoms with van der Waals surface area (Å²) in [7, 11) is 0. The van der Waals surface area contributed by atoms with Crippen LogP contribution in [0.3, 0.4) is 0 Å². The number of carbonyl (C=O) groups excluding carboxylic acids is 1. The van der Waals surface area contributed by atoms with Crippen LogP contribution < -0.4 is 5.48 Å². The van der Waals surface area contributed by atoms with Crippen LogP contribution in [0.1, 0.15) is 6.92 Å². The lowest BCUT2D eigenvalue weighted by Crippen LogP contribution is -2.26. The average molecular weight is 119 g/mol. The molecule has 0 saturated carbocycles. The van der Waals surface area contributed by atoms with Crippen molar-refractivity contribution in [3.8, 4) is 0 Å². The van der Waals surface area contributed by atoms with Gasteiger partial charge in [-0.3, -0.25) is 9.63 Å². The van der Waals surface area contributed by atoms with Crippen molar-refractivity contribution < 1.29 is 14.7 Å². The van der Waals surface area contributed by atoms with Gasteiger partial charge in [0.2, 0.25) is 0 Å². The normalized spacial score (nSPS) is 8.75. The standard InChI is InChI=1S/C4H9NO3/c1-2-8-5-4(7)3-6/h6H,2-3H2,1H3,(H,5,7). The van der Waals surface area contributed by atoms with Crippen molar-refractivity contribution in [1.29, 1.82) is 0 Å². The highest BCUT2D eigenvalue weighted by atomic mass is 16.7. The van der Waals surface area contributed by atoms with E-state index >= 15 is 0 Å². The van der Waals surface area contributed by atoms with E-state index in [0.717, 1.165) is 0 Å². The summed E-state index contributed by atoms with van der Waals surface area (Å²) in [6, 6.07) is 0. The molecule has 0 radical (unpaired) electrons. The molecule has 0 atom stereocenters. The van der Waals surface area contributed by atoms with Crippen molar-refractivity contribution in [2.24, 2.45) is 0 Å². The van der Waals surface area contributed by atoms with E-state index < -0.39 is 12.5 Å². The summed E-state index contributed by atoms with van der Waals surface area (Å²) in [6.07, 6.45) is 0. The number of carbonyl (C=O) groups is 1. The molecule has 0 aliphatic rings. The smallest absolute Gasteiger partial charge is 0.269 e. The maximum Gasteiger partial charge on any atom is 0.269 e. The van der Waals surface area contributed by atoms with E-state index in [-0.39, 0.29) is 0 Å². The molecular weight excluding hydrogens is 110 g/mol. The van der Waals surface area contributed by atoms with E-state index in [1.54, 1.807) is 6.92 Å². The number of nitrogens with one attached hydrogen (secondary N) is 1. The zero-order chi connectivity index (χ0) is 6.41. The predicted octanol–water partition coefficient (Wildman–Crippen LogP) is -0.954. The van der Waals surface area contributed by atoms with Gasteiger partial charge >= 0.3 is 0 Å². The Bertz CT molecular complexity index is 73.7. The third kappa shape index (κ3) is 3.58. The maximum atomic E-state index is 10.1. The third-order valence-electron chi connectivity index (χ3n) is 0.474. The highest BCUT2D eigenvalue weighted by molar-refractivity contribution is 5.75. The number of aliphatic hydroxyl groups is 1. The molecule has 0 aromatic rings. The topological polar surface area (TPSA) is 58.6 Å². The van der Waals surface area contributed by atoms with Crippen molar-refractivity contribution >= 4 is 5.91 Å². The number of aliphatic hydroxyl groups excluding tert-OH is 1. The Morgan fingerprint density at radius 3 is 2.88 bits per heavy atom. The second-order valence-electron chi connectivity index (χ2n) is 1.12. The van der Waals surface area contributed by atoms with E-state index in [4.69, 9.17) is 5.11 Å². The number of amides is 1. The van der Waals surface area contributed by atoms with Gasteiger partial charge in [-0.1, -0.05) is 0 Å². The van der Waals surface area contributed by atoms with Gasteiger partial charge in [0.25, 0.3) is 5.91 Å². The predicted molar refractivity (Wildman–Crippen MR) is 26.9 cm³/mol. The van der Waals surface area contributed by atoms with Gasteiger partial charge in [0.05, 0.1) is 6.61 Å². The Labute approximate surface area is 47.4 Å². The van der Waals surface area contributed by atoms with Gasteiger partial charge < -0.3 is 5.11 Å². The number of hydrogen-bond donors (Lipinski definition) is 2. The first-order chi connectivity index (χ1) is 3.81. The molecule has 4 nitrogen and oxygen atoms in total. The van der Waals surface area contributed by atoms with E-state index in [2.05, 4.69) is 4.84 Å². The molecule has 0 unspecified atom stereocenters. The fourth-order valence-electron chi connectivity index (χ4n) is 0.185. The van der Waals surface area contributed by atoms with Gasteiger partial charge in [0.1, 0.15) is 6.61 Å². The summed E-state index contributed by atoms with van der Waals surface area (Å²) in [5.41, 5.74) is 1.99. The lowest BCUT2D eigenvalue weighted by molar-refractivity contribution is -0.136. The van der Waals surface area contributed by atoms with Gasteiger partial charge in [-0.25, -0.2) is 5.48 Å². The molecule has 1 amide bonds. The van der Waals surface area contributed by atoms with Crippen LogP contribution in [0.25, 0.3) is 0 Å². The molecule has 0 aliphatic carbocycles. The fourth-order valence-corrected chi connectivity index (χ4v) is 0.185. The summed E-state index contributed by atoms with van der Waals surface area (Å²) in [5.74, 6) is -0.521. The van der Waals surface area contributed by atoms with Crippen molar-refractivity contribution in [1.82, 2.24) is 5.48 Å². The maximum absolute atomic E-state index is 10.1. The van der Waals surface area contributed by atoms with E-state index in [1.807, 2.05) is 5.48 Å². The monoisotopic (exact) mass is 119 g/mol. The Kier molecular flexibility index (Phi) is 4.20. The molecule has 8 heavy (non-hydrogen) atoms. The van der Waals surface area contributed by atoms with Gasteiger partial charge in [-0.15, -0.1) is 0 Å². The van der Waals surface area contributed by atoms with E-state index in [1.165, 1.54) is 0 Å². The molecule has 0 rings (SSSR count). The van der Waals surface area contributed by atoms with Crippen LogP contribution in [0.5, 0.6) is 0 Å². The summed E-state index contributed by atoms with van der Waals surface area (Å²) >= 11 is 0. The van der Waals surface area contributed by atoms with Gasteiger partial charge in [0.15, 0.2) is 0 Å². The molecule has 0 aromatic heterocycles. The second kappa shape index (κ2) is 4.55. The zero-order valence-electron chi connectivity index (χ0n) is 4.68. The van der Waals surface area contributed by atoms with Crippen LogP contribution in [0.4, 0.5) is 0 Å². The van der Waals surface area contributed by atoms with E-state index in [9.17, 15) is 4.79 Å². The summed E-state index contributed by atoms with van der Waals surface area (Å²) in [4.78, 5) is 14.5. The Balaban J connectivity index is 2.99. The molecule has 0 spiro atoms. The molecule has 4 heteroatoms. The van der Waals surface area contributed by atoms with Gasteiger partial charge in [-0.2, -0.15) is 0 Å². The molecule has 48 valence electrons. The van der Waals surface area contributed by atoms with Crippen LogP contribution >= 0.6 is 0 Å². The van der Waals surface area contributed by atoms with Crippen LogP contribution in [0.15, 0.2) is 0 Å². The van der Waals surface area contributed by atoms with Crippen molar-refractivity contribution in [2.45, 2.75) is 6.92 Å². The molecule has 0 aliphatic heterocycles. The molecule has 0 bridgehead atoms. The SMILES string of the molecule is CCONC(=O)CO. The Morgan fingerprint density at radius 2 is 2.50 bits per heavy atom. The van der Waals surface area contributed by atoms with Crippen molar-refractivity contribution in [2.75, 3.05) is 13.2 Å². The van der Waals surface area contributed by atoms with Crippen LogP contribution in [0.2, 0.25) is 0 Å². The van der Waals surface area contributed by atoms with Crippen molar-refractivity contribution in [3.63, 3.8) is 0 Å². The Morgan fingerprint density at radius 1 is 1.88 bits per heavy atom. The largest absolute Gasteiger partial charge is 0.386 e. The second-order valence-corrected chi connectivity index (χ2v) is 1.12. The first-order valence-electron chi connectivity index (χ1n) is 2.32. The number of rotatable bonds is 3. The Hall–Kier alpha value is -0.610. The van der Waals surface area contributed by atoms with Crippen LogP contribution in [0, 0.1) is 0 Å².